The molecule has 1 heterocycles. The lowest BCUT2D eigenvalue weighted by Gasteiger charge is -2.40. The number of aldehydes is 1. The van der Waals surface area contributed by atoms with E-state index in [-0.39, 0.29) is 0 Å². The maximum absolute atomic E-state index is 10.8. The molecular weight excluding hydrogens is 340 g/mol. The Hall–Kier alpha value is -1.91. The number of carbonyl (C=O) groups is 1. The molecule has 0 unspecified atom stereocenters. The van der Waals surface area contributed by atoms with E-state index >= 15 is 0 Å². The summed E-state index contributed by atoms with van der Waals surface area (Å²) in [5.41, 5.74) is 0.994. The molecule has 4 heteroatoms. The highest BCUT2D eigenvalue weighted by atomic mass is 16.5. The van der Waals surface area contributed by atoms with Crippen molar-refractivity contribution in [3.05, 3.63) is 42.0 Å². The molecule has 0 aliphatic carbocycles. The standard InChI is InChI=1S/C23H30O4/c1-2-23(17-26-18-23)16-25-11-5-3-4-6-12-27-22-10-9-20-13-19(15-24)7-8-21(20)14-22/h7-10,13-15H,2-6,11-12,16-18H2,1H3. The number of benzene rings is 2. The van der Waals surface area contributed by atoms with Gasteiger partial charge in [0.25, 0.3) is 0 Å². The summed E-state index contributed by atoms with van der Waals surface area (Å²) in [5.74, 6) is 0.886. The Labute approximate surface area is 161 Å². The van der Waals surface area contributed by atoms with Crippen molar-refractivity contribution in [1.29, 1.82) is 0 Å². The van der Waals surface area contributed by atoms with Gasteiger partial charge in [-0.1, -0.05) is 31.5 Å². The minimum atomic E-state index is 0.294. The van der Waals surface area contributed by atoms with Crippen molar-refractivity contribution in [2.45, 2.75) is 39.0 Å². The SMILES string of the molecule is CCC1(COCCCCCCOc2ccc3cc(C=O)ccc3c2)COC1. The minimum Gasteiger partial charge on any atom is -0.494 e. The summed E-state index contributed by atoms with van der Waals surface area (Å²) in [6.45, 7) is 6.33. The summed E-state index contributed by atoms with van der Waals surface area (Å²) in [5, 5.41) is 2.15. The summed E-state index contributed by atoms with van der Waals surface area (Å²) in [4.78, 5) is 10.8. The fourth-order valence-corrected chi connectivity index (χ4v) is 3.32. The van der Waals surface area contributed by atoms with Gasteiger partial charge in [-0.25, -0.2) is 0 Å². The van der Waals surface area contributed by atoms with Gasteiger partial charge in [-0.05, 0) is 54.7 Å². The van der Waals surface area contributed by atoms with Gasteiger partial charge in [0.1, 0.15) is 12.0 Å². The molecule has 0 atom stereocenters. The van der Waals surface area contributed by atoms with Crippen LogP contribution in [0.4, 0.5) is 0 Å². The average Bonchev–Trinajstić information content (AvgIpc) is 2.68. The maximum atomic E-state index is 10.8. The lowest BCUT2D eigenvalue weighted by molar-refractivity contribution is -0.150. The van der Waals surface area contributed by atoms with Crippen molar-refractivity contribution in [2.75, 3.05) is 33.0 Å². The first-order valence-electron chi connectivity index (χ1n) is 10.0. The number of rotatable bonds is 12. The first kappa shape index (κ1) is 19.8. The third-order valence-electron chi connectivity index (χ3n) is 5.40. The zero-order chi connectivity index (χ0) is 19.0. The summed E-state index contributed by atoms with van der Waals surface area (Å²) >= 11 is 0. The molecule has 0 radical (unpaired) electrons. The fourth-order valence-electron chi connectivity index (χ4n) is 3.32. The second-order valence-electron chi connectivity index (χ2n) is 7.55. The first-order chi connectivity index (χ1) is 13.2. The highest BCUT2D eigenvalue weighted by molar-refractivity contribution is 5.89. The van der Waals surface area contributed by atoms with E-state index in [1.165, 1.54) is 6.42 Å². The van der Waals surface area contributed by atoms with Crippen LogP contribution < -0.4 is 4.74 Å². The molecule has 1 saturated heterocycles. The molecule has 3 rings (SSSR count). The molecule has 1 aliphatic heterocycles. The molecule has 0 bridgehead atoms. The summed E-state index contributed by atoms with van der Waals surface area (Å²) in [6.07, 6.45) is 6.49. The molecule has 0 aromatic heterocycles. The normalized spacial score (nSPS) is 15.4. The van der Waals surface area contributed by atoms with Gasteiger partial charge in [0.05, 0.1) is 26.4 Å². The van der Waals surface area contributed by atoms with E-state index in [4.69, 9.17) is 14.2 Å². The Bertz CT molecular complexity index is 731. The molecule has 0 saturated carbocycles. The van der Waals surface area contributed by atoms with Gasteiger partial charge < -0.3 is 14.2 Å². The van der Waals surface area contributed by atoms with E-state index in [1.54, 1.807) is 0 Å². The van der Waals surface area contributed by atoms with Crippen molar-refractivity contribution in [3.8, 4) is 5.75 Å². The molecule has 1 fully saturated rings. The Morgan fingerprint density at radius 3 is 2.44 bits per heavy atom. The highest BCUT2D eigenvalue weighted by Crippen LogP contribution is 2.31. The molecule has 0 spiro atoms. The zero-order valence-corrected chi connectivity index (χ0v) is 16.2. The Morgan fingerprint density at radius 2 is 1.74 bits per heavy atom. The van der Waals surface area contributed by atoms with Crippen LogP contribution >= 0.6 is 0 Å². The maximum Gasteiger partial charge on any atom is 0.150 e. The van der Waals surface area contributed by atoms with Crippen molar-refractivity contribution in [1.82, 2.24) is 0 Å². The van der Waals surface area contributed by atoms with E-state index < -0.39 is 0 Å². The van der Waals surface area contributed by atoms with Gasteiger partial charge in [0, 0.05) is 17.6 Å². The molecular formula is C23H30O4. The van der Waals surface area contributed by atoms with Crippen LogP contribution in [0.15, 0.2) is 36.4 Å². The monoisotopic (exact) mass is 370 g/mol. The summed E-state index contributed by atoms with van der Waals surface area (Å²) < 4.78 is 17.0. The van der Waals surface area contributed by atoms with E-state index in [2.05, 4.69) is 6.92 Å². The number of ether oxygens (including phenoxy) is 3. The molecule has 2 aromatic carbocycles. The molecule has 27 heavy (non-hydrogen) atoms. The predicted octanol–water partition coefficient (Wildman–Crippen LogP) is 5.03. The lowest BCUT2D eigenvalue weighted by Crippen LogP contribution is -2.45. The Balaban J connectivity index is 1.27. The smallest absolute Gasteiger partial charge is 0.150 e. The molecule has 4 nitrogen and oxygen atoms in total. The van der Waals surface area contributed by atoms with Gasteiger partial charge in [-0.15, -0.1) is 0 Å². The summed E-state index contributed by atoms with van der Waals surface area (Å²) in [7, 11) is 0. The molecule has 1 aliphatic rings. The molecule has 0 N–H and O–H groups in total. The van der Waals surface area contributed by atoms with Gasteiger partial charge in [0.2, 0.25) is 0 Å². The minimum absolute atomic E-state index is 0.294. The van der Waals surface area contributed by atoms with Gasteiger partial charge in [-0.3, -0.25) is 4.79 Å². The van der Waals surface area contributed by atoms with Crippen molar-refractivity contribution >= 4 is 17.1 Å². The average molecular weight is 370 g/mol. The zero-order valence-electron chi connectivity index (χ0n) is 16.2. The third kappa shape index (κ3) is 5.53. The Kier molecular flexibility index (Phi) is 7.25. The number of hydrogen-bond donors (Lipinski definition) is 0. The second kappa shape index (κ2) is 9.86. The number of unbranched alkanes of at least 4 members (excludes halogenated alkanes) is 3. The van der Waals surface area contributed by atoms with Crippen LogP contribution in [0.3, 0.4) is 0 Å². The van der Waals surface area contributed by atoms with Gasteiger partial charge in [0.15, 0.2) is 0 Å². The van der Waals surface area contributed by atoms with Gasteiger partial charge >= 0.3 is 0 Å². The molecule has 0 amide bonds. The van der Waals surface area contributed by atoms with Crippen LogP contribution in [-0.4, -0.2) is 39.3 Å². The highest BCUT2D eigenvalue weighted by Gasteiger charge is 2.36. The van der Waals surface area contributed by atoms with Crippen LogP contribution in [0.1, 0.15) is 49.4 Å². The van der Waals surface area contributed by atoms with E-state index in [1.807, 2.05) is 36.4 Å². The van der Waals surface area contributed by atoms with Crippen LogP contribution in [-0.2, 0) is 9.47 Å². The fraction of sp³-hybridized carbons (Fsp3) is 0.522. The number of hydrogen-bond acceptors (Lipinski definition) is 4. The summed E-state index contributed by atoms with van der Waals surface area (Å²) in [6, 6.07) is 11.7. The largest absolute Gasteiger partial charge is 0.494 e. The number of carbonyl (C=O) groups excluding carboxylic acids is 1. The van der Waals surface area contributed by atoms with E-state index in [9.17, 15) is 4.79 Å². The Morgan fingerprint density at radius 1 is 1.00 bits per heavy atom. The van der Waals surface area contributed by atoms with Crippen molar-refractivity contribution < 1.29 is 19.0 Å². The van der Waals surface area contributed by atoms with Crippen LogP contribution in [0.25, 0.3) is 10.8 Å². The van der Waals surface area contributed by atoms with E-state index in [0.29, 0.717) is 11.0 Å². The van der Waals surface area contributed by atoms with E-state index in [0.717, 1.165) is 81.5 Å². The van der Waals surface area contributed by atoms with Crippen LogP contribution in [0, 0.1) is 5.41 Å². The molecule has 146 valence electrons. The second-order valence-corrected chi connectivity index (χ2v) is 7.55. The van der Waals surface area contributed by atoms with Crippen LogP contribution in [0.2, 0.25) is 0 Å². The molecule has 2 aromatic rings. The van der Waals surface area contributed by atoms with Crippen molar-refractivity contribution in [2.24, 2.45) is 5.41 Å². The number of fused-ring (bicyclic) bond motifs is 1. The van der Waals surface area contributed by atoms with Crippen LogP contribution in [0.5, 0.6) is 5.75 Å². The quantitative estimate of drug-likeness (QED) is 0.388. The predicted molar refractivity (Wildman–Crippen MR) is 108 cm³/mol. The topological polar surface area (TPSA) is 44.8 Å². The first-order valence-corrected chi connectivity index (χ1v) is 10.0. The van der Waals surface area contributed by atoms with Gasteiger partial charge in [-0.2, -0.15) is 0 Å². The van der Waals surface area contributed by atoms with Crippen molar-refractivity contribution in [3.63, 3.8) is 0 Å². The third-order valence-corrected chi connectivity index (χ3v) is 5.40. The lowest BCUT2D eigenvalue weighted by atomic mass is 9.84.